The lowest BCUT2D eigenvalue weighted by Gasteiger charge is -2.39. The van der Waals surface area contributed by atoms with Crippen LogP contribution in [0.1, 0.15) is 32.3 Å². The van der Waals surface area contributed by atoms with Gasteiger partial charge < -0.3 is 4.90 Å². The lowest BCUT2D eigenvalue weighted by Crippen LogP contribution is -2.40. The number of nitrogens with zero attached hydrogens (tertiary/aromatic N) is 2. The molecule has 0 aliphatic carbocycles. The van der Waals surface area contributed by atoms with Crippen molar-refractivity contribution in [1.29, 1.82) is 5.26 Å². The summed E-state index contributed by atoms with van der Waals surface area (Å²) in [6, 6.07) is 8.28. The highest BCUT2D eigenvalue weighted by Crippen LogP contribution is 2.34. The minimum atomic E-state index is 0.341. The SMILES string of the molecule is CC1(C)CCCN(c2cccc(Br)c2C#N)C1. The summed E-state index contributed by atoms with van der Waals surface area (Å²) in [5.41, 5.74) is 2.16. The van der Waals surface area contributed by atoms with E-state index in [0.717, 1.165) is 28.8 Å². The molecule has 0 bridgehead atoms. The van der Waals surface area contributed by atoms with Crippen LogP contribution in [0.3, 0.4) is 0 Å². The van der Waals surface area contributed by atoms with Crippen LogP contribution in [0.25, 0.3) is 0 Å². The summed E-state index contributed by atoms with van der Waals surface area (Å²) in [6.07, 6.45) is 2.46. The molecule has 0 spiro atoms. The van der Waals surface area contributed by atoms with Crippen molar-refractivity contribution in [2.24, 2.45) is 5.41 Å². The van der Waals surface area contributed by atoms with E-state index >= 15 is 0 Å². The molecule has 2 nitrogen and oxygen atoms in total. The Morgan fingerprint density at radius 1 is 1.41 bits per heavy atom. The maximum Gasteiger partial charge on any atom is 0.103 e. The van der Waals surface area contributed by atoms with Crippen molar-refractivity contribution in [1.82, 2.24) is 0 Å². The van der Waals surface area contributed by atoms with Gasteiger partial charge in [-0.1, -0.05) is 19.9 Å². The number of anilines is 1. The van der Waals surface area contributed by atoms with E-state index in [1.54, 1.807) is 0 Å². The number of halogens is 1. The summed E-state index contributed by atoms with van der Waals surface area (Å²) in [4.78, 5) is 2.34. The molecule has 3 heteroatoms. The lowest BCUT2D eigenvalue weighted by atomic mass is 9.84. The van der Waals surface area contributed by atoms with Crippen molar-refractivity contribution in [3.8, 4) is 6.07 Å². The van der Waals surface area contributed by atoms with Gasteiger partial charge in [-0.3, -0.25) is 0 Å². The third-order valence-electron chi connectivity index (χ3n) is 3.34. The van der Waals surface area contributed by atoms with Crippen molar-refractivity contribution in [3.05, 3.63) is 28.2 Å². The third-order valence-corrected chi connectivity index (χ3v) is 4.01. The van der Waals surface area contributed by atoms with E-state index in [1.165, 1.54) is 12.8 Å². The fourth-order valence-electron chi connectivity index (χ4n) is 2.52. The average molecular weight is 293 g/mol. The summed E-state index contributed by atoms with van der Waals surface area (Å²) in [5.74, 6) is 0. The zero-order chi connectivity index (χ0) is 12.5. The van der Waals surface area contributed by atoms with Gasteiger partial charge in [0.05, 0.1) is 11.3 Å². The van der Waals surface area contributed by atoms with Gasteiger partial charge in [0, 0.05) is 17.6 Å². The molecule has 90 valence electrons. The second kappa shape index (κ2) is 4.70. The second-order valence-electron chi connectivity index (χ2n) is 5.44. The molecule has 0 radical (unpaired) electrons. The first-order valence-electron chi connectivity index (χ1n) is 5.97. The molecule has 0 amide bonds. The Labute approximate surface area is 111 Å². The van der Waals surface area contributed by atoms with Crippen LogP contribution in [-0.4, -0.2) is 13.1 Å². The fourth-order valence-corrected chi connectivity index (χ4v) is 2.96. The van der Waals surface area contributed by atoms with Crippen molar-refractivity contribution in [2.75, 3.05) is 18.0 Å². The van der Waals surface area contributed by atoms with E-state index in [2.05, 4.69) is 40.7 Å². The summed E-state index contributed by atoms with van der Waals surface area (Å²) in [6.45, 7) is 6.67. The number of hydrogen-bond acceptors (Lipinski definition) is 2. The molecule has 1 saturated heterocycles. The quantitative estimate of drug-likeness (QED) is 0.784. The molecule has 1 heterocycles. The summed E-state index contributed by atoms with van der Waals surface area (Å²) in [5, 5.41) is 9.25. The number of nitriles is 1. The Balaban J connectivity index is 2.35. The Morgan fingerprint density at radius 2 is 2.18 bits per heavy atom. The highest BCUT2D eigenvalue weighted by Gasteiger charge is 2.27. The monoisotopic (exact) mass is 292 g/mol. The van der Waals surface area contributed by atoms with Crippen molar-refractivity contribution in [2.45, 2.75) is 26.7 Å². The summed E-state index contributed by atoms with van der Waals surface area (Å²) >= 11 is 3.45. The van der Waals surface area contributed by atoms with E-state index < -0.39 is 0 Å². The van der Waals surface area contributed by atoms with Gasteiger partial charge in [-0.2, -0.15) is 5.26 Å². The Kier molecular flexibility index (Phi) is 3.44. The number of benzene rings is 1. The fraction of sp³-hybridized carbons (Fsp3) is 0.500. The molecule has 1 aliphatic heterocycles. The average Bonchev–Trinajstić information content (AvgIpc) is 2.27. The molecular formula is C14H17BrN2. The molecule has 1 aromatic carbocycles. The van der Waals surface area contributed by atoms with E-state index in [0.29, 0.717) is 5.41 Å². The Hall–Kier alpha value is -1.01. The standard InChI is InChI=1S/C14H17BrN2/c1-14(2)7-4-8-17(10-14)13-6-3-5-12(15)11(13)9-16/h3,5-6H,4,7-8,10H2,1-2H3. The topological polar surface area (TPSA) is 27.0 Å². The van der Waals surface area contributed by atoms with Crippen LogP contribution in [0.15, 0.2) is 22.7 Å². The van der Waals surface area contributed by atoms with Crippen molar-refractivity contribution >= 4 is 21.6 Å². The highest BCUT2D eigenvalue weighted by molar-refractivity contribution is 9.10. The van der Waals surface area contributed by atoms with Gasteiger partial charge >= 0.3 is 0 Å². The molecule has 1 aliphatic rings. The molecular weight excluding hydrogens is 276 g/mol. The van der Waals surface area contributed by atoms with Crippen LogP contribution in [0.2, 0.25) is 0 Å². The van der Waals surface area contributed by atoms with Gasteiger partial charge in [0.2, 0.25) is 0 Å². The molecule has 2 rings (SSSR count). The van der Waals surface area contributed by atoms with Crippen LogP contribution in [-0.2, 0) is 0 Å². The minimum Gasteiger partial charge on any atom is -0.370 e. The normalized spacial score (nSPS) is 18.8. The van der Waals surface area contributed by atoms with Gasteiger partial charge in [0.25, 0.3) is 0 Å². The van der Waals surface area contributed by atoms with Crippen LogP contribution in [0, 0.1) is 16.7 Å². The van der Waals surface area contributed by atoms with E-state index in [4.69, 9.17) is 0 Å². The summed E-state index contributed by atoms with van der Waals surface area (Å²) in [7, 11) is 0. The van der Waals surface area contributed by atoms with Gasteiger partial charge in [0.1, 0.15) is 6.07 Å². The first-order valence-corrected chi connectivity index (χ1v) is 6.76. The molecule has 0 saturated carbocycles. The highest BCUT2D eigenvalue weighted by atomic mass is 79.9. The Morgan fingerprint density at radius 3 is 2.82 bits per heavy atom. The van der Waals surface area contributed by atoms with Crippen LogP contribution in [0.4, 0.5) is 5.69 Å². The van der Waals surface area contributed by atoms with E-state index in [-0.39, 0.29) is 0 Å². The van der Waals surface area contributed by atoms with Gasteiger partial charge in [0.15, 0.2) is 0 Å². The smallest absolute Gasteiger partial charge is 0.103 e. The van der Waals surface area contributed by atoms with Gasteiger partial charge in [-0.15, -0.1) is 0 Å². The van der Waals surface area contributed by atoms with E-state index in [9.17, 15) is 5.26 Å². The minimum absolute atomic E-state index is 0.341. The van der Waals surface area contributed by atoms with Crippen molar-refractivity contribution in [3.63, 3.8) is 0 Å². The van der Waals surface area contributed by atoms with Gasteiger partial charge in [-0.25, -0.2) is 0 Å². The molecule has 0 unspecified atom stereocenters. The zero-order valence-corrected chi connectivity index (χ0v) is 11.9. The number of rotatable bonds is 1. The van der Waals surface area contributed by atoms with Crippen LogP contribution < -0.4 is 4.90 Å². The lowest BCUT2D eigenvalue weighted by molar-refractivity contribution is 0.293. The predicted octanol–water partition coefficient (Wildman–Crippen LogP) is 3.95. The molecule has 1 fully saturated rings. The number of piperidine rings is 1. The van der Waals surface area contributed by atoms with Crippen molar-refractivity contribution < 1.29 is 0 Å². The maximum absolute atomic E-state index is 9.25. The Bertz CT molecular complexity index is 460. The first kappa shape index (κ1) is 12.4. The molecule has 0 N–H and O–H groups in total. The molecule has 0 atom stereocenters. The summed E-state index contributed by atoms with van der Waals surface area (Å²) < 4.78 is 0.890. The second-order valence-corrected chi connectivity index (χ2v) is 6.29. The van der Waals surface area contributed by atoms with Crippen LogP contribution >= 0.6 is 15.9 Å². The van der Waals surface area contributed by atoms with Crippen LogP contribution in [0.5, 0.6) is 0 Å². The zero-order valence-electron chi connectivity index (χ0n) is 10.3. The maximum atomic E-state index is 9.25. The molecule has 17 heavy (non-hydrogen) atoms. The largest absolute Gasteiger partial charge is 0.370 e. The predicted molar refractivity (Wildman–Crippen MR) is 74.1 cm³/mol. The molecule has 0 aromatic heterocycles. The number of hydrogen-bond donors (Lipinski definition) is 0. The first-order chi connectivity index (χ1) is 8.03. The molecule has 1 aromatic rings. The van der Waals surface area contributed by atoms with Gasteiger partial charge in [-0.05, 0) is 46.3 Å². The van der Waals surface area contributed by atoms with E-state index in [1.807, 2.05) is 18.2 Å². The third kappa shape index (κ3) is 2.63.